The summed E-state index contributed by atoms with van der Waals surface area (Å²) in [5.74, 6) is 0.964. The molecule has 13 heavy (non-hydrogen) atoms. The second-order valence-electron chi connectivity index (χ2n) is 3.28. The minimum absolute atomic E-state index is 0.334. The largest absolute Gasteiger partial charge is 0.490 e. The fraction of sp³-hybridized carbons (Fsp3) is 0.364. The number of benzene rings is 1. The third-order valence-electron chi connectivity index (χ3n) is 2.22. The number of ether oxygens (including phenoxy) is 1. The van der Waals surface area contributed by atoms with Crippen molar-refractivity contribution >= 4 is 15.9 Å². The third-order valence-corrected chi connectivity index (χ3v) is 2.75. The molecule has 0 spiro atoms. The first-order valence-electron chi connectivity index (χ1n) is 4.60. The lowest BCUT2D eigenvalue weighted by molar-refractivity contribution is 0.241. The van der Waals surface area contributed by atoms with E-state index in [1.165, 1.54) is 12.8 Å². The molecule has 0 saturated heterocycles. The van der Waals surface area contributed by atoms with Crippen molar-refractivity contribution in [2.75, 3.05) is 0 Å². The minimum atomic E-state index is 0.334. The highest BCUT2D eigenvalue weighted by molar-refractivity contribution is 9.10. The van der Waals surface area contributed by atoms with Crippen molar-refractivity contribution in [3.8, 4) is 5.75 Å². The van der Waals surface area contributed by atoms with Crippen LogP contribution in [0, 0.1) is 6.42 Å². The molecule has 1 atom stereocenters. The fourth-order valence-electron chi connectivity index (χ4n) is 1.54. The minimum Gasteiger partial charge on any atom is -0.490 e. The monoisotopic (exact) mass is 239 g/mol. The molecule has 0 aliphatic heterocycles. The van der Waals surface area contributed by atoms with Gasteiger partial charge in [-0.2, -0.15) is 0 Å². The van der Waals surface area contributed by atoms with Crippen LogP contribution in [-0.4, -0.2) is 6.10 Å². The van der Waals surface area contributed by atoms with Gasteiger partial charge in [0.15, 0.2) is 0 Å². The van der Waals surface area contributed by atoms with E-state index in [1.54, 1.807) is 0 Å². The predicted octanol–water partition coefficient (Wildman–Crippen LogP) is 3.58. The molecule has 2 heteroatoms. The summed E-state index contributed by atoms with van der Waals surface area (Å²) in [6, 6.07) is 8.00. The van der Waals surface area contributed by atoms with E-state index in [9.17, 15) is 0 Å². The highest BCUT2D eigenvalue weighted by Crippen LogP contribution is 2.24. The molecule has 0 heterocycles. The molecule has 1 aromatic carbocycles. The maximum Gasteiger partial charge on any atom is 0.119 e. The quantitative estimate of drug-likeness (QED) is 0.767. The molecular weight excluding hydrogens is 228 g/mol. The van der Waals surface area contributed by atoms with Gasteiger partial charge in [-0.25, -0.2) is 0 Å². The van der Waals surface area contributed by atoms with E-state index in [2.05, 4.69) is 22.4 Å². The number of hydrogen-bond donors (Lipinski definition) is 0. The van der Waals surface area contributed by atoms with Crippen molar-refractivity contribution in [2.24, 2.45) is 0 Å². The summed E-state index contributed by atoms with van der Waals surface area (Å²) >= 11 is 3.39. The highest BCUT2D eigenvalue weighted by atomic mass is 79.9. The Hall–Kier alpha value is -0.500. The normalized spacial score (nSPS) is 17.6. The van der Waals surface area contributed by atoms with E-state index in [4.69, 9.17) is 4.74 Å². The lowest BCUT2D eigenvalue weighted by atomic mass is 10.3. The number of rotatable bonds is 2. The Morgan fingerprint density at radius 1 is 1.23 bits per heavy atom. The summed E-state index contributed by atoms with van der Waals surface area (Å²) in [4.78, 5) is 0. The molecule has 69 valence electrons. The van der Waals surface area contributed by atoms with Crippen molar-refractivity contribution in [1.29, 1.82) is 0 Å². The second-order valence-corrected chi connectivity index (χ2v) is 4.19. The molecule has 1 aliphatic rings. The molecule has 1 aromatic rings. The van der Waals surface area contributed by atoms with Gasteiger partial charge in [-0.1, -0.05) is 15.9 Å². The zero-order chi connectivity index (χ0) is 9.10. The molecule has 0 aromatic heterocycles. The molecule has 1 unspecified atom stereocenters. The Morgan fingerprint density at radius 2 is 2.00 bits per heavy atom. The molecule has 1 fully saturated rings. The van der Waals surface area contributed by atoms with Gasteiger partial charge in [0, 0.05) is 10.9 Å². The molecule has 0 bridgehead atoms. The van der Waals surface area contributed by atoms with Crippen LogP contribution in [0.5, 0.6) is 5.75 Å². The van der Waals surface area contributed by atoms with Crippen LogP contribution >= 0.6 is 15.9 Å². The van der Waals surface area contributed by atoms with Gasteiger partial charge >= 0.3 is 0 Å². The summed E-state index contributed by atoms with van der Waals surface area (Å²) in [5, 5.41) is 0. The zero-order valence-electron chi connectivity index (χ0n) is 7.37. The lowest BCUT2D eigenvalue weighted by Crippen LogP contribution is -2.11. The van der Waals surface area contributed by atoms with Crippen LogP contribution in [0.25, 0.3) is 0 Å². The van der Waals surface area contributed by atoms with Gasteiger partial charge in [0.2, 0.25) is 0 Å². The van der Waals surface area contributed by atoms with Crippen LogP contribution in [0.4, 0.5) is 0 Å². The predicted molar refractivity (Wildman–Crippen MR) is 56.7 cm³/mol. The van der Waals surface area contributed by atoms with Crippen molar-refractivity contribution in [3.05, 3.63) is 35.2 Å². The van der Waals surface area contributed by atoms with E-state index >= 15 is 0 Å². The van der Waals surface area contributed by atoms with E-state index in [-0.39, 0.29) is 0 Å². The summed E-state index contributed by atoms with van der Waals surface area (Å²) in [6.07, 6.45) is 6.21. The van der Waals surface area contributed by atoms with Crippen LogP contribution in [-0.2, 0) is 0 Å². The van der Waals surface area contributed by atoms with Crippen LogP contribution in [0.15, 0.2) is 28.7 Å². The zero-order valence-corrected chi connectivity index (χ0v) is 8.96. The molecule has 1 radical (unpaired) electrons. The first-order valence-corrected chi connectivity index (χ1v) is 5.39. The number of halogens is 1. The fourth-order valence-corrected chi connectivity index (χ4v) is 1.80. The van der Waals surface area contributed by atoms with Crippen LogP contribution in [0.3, 0.4) is 0 Å². The van der Waals surface area contributed by atoms with E-state index in [0.717, 1.165) is 16.6 Å². The van der Waals surface area contributed by atoms with E-state index in [1.807, 2.05) is 24.3 Å². The highest BCUT2D eigenvalue weighted by Gasteiger charge is 2.16. The van der Waals surface area contributed by atoms with Gasteiger partial charge in [0.25, 0.3) is 0 Å². The van der Waals surface area contributed by atoms with E-state index < -0.39 is 0 Å². The molecule has 0 N–H and O–H groups in total. The Morgan fingerprint density at radius 3 is 2.62 bits per heavy atom. The molecule has 1 nitrogen and oxygen atoms in total. The smallest absolute Gasteiger partial charge is 0.119 e. The lowest BCUT2D eigenvalue weighted by Gasteiger charge is -2.12. The van der Waals surface area contributed by atoms with Crippen LogP contribution in [0.1, 0.15) is 19.3 Å². The van der Waals surface area contributed by atoms with Gasteiger partial charge in [-0.05, 0) is 43.5 Å². The van der Waals surface area contributed by atoms with Crippen LogP contribution < -0.4 is 4.74 Å². The van der Waals surface area contributed by atoms with Crippen molar-refractivity contribution in [1.82, 2.24) is 0 Å². The molecule has 0 amide bonds. The second kappa shape index (κ2) is 4.14. The Labute approximate surface area is 87.2 Å². The molecule has 1 saturated carbocycles. The van der Waals surface area contributed by atoms with Gasteiger partial charge in [0.05, 0.1) is 0 Å². The average Bonchev–Trinajstić information content (AvgIpc) is 2.62. The van der Waals surface area contributed by atoms with Gasteiger partial charge < -0.3 is 4.74 Å². The standard InChI is InChI=1S/C11H12BrO/c12-9-5-7-11(8-6-9)13-10-3-1-2-4-10/h3,5-8,10H,1-2,4H2. The summed E-state index contributed by atoms with van der Waals surface area (Å²) in [6.45, 7) is 0. The molecule has 1 aliphatic carbocycles. The molecular formula is C11H12BrO. The van der Waals surface area contributed by atoms with Crippen molar-refractivity contribution in [3.63, 3.8) is 0 Å². The number of hydrogen-bond acceptors (Lipinski definition) is 1. The van der Waals surface area contributed by atoms with Crippen molar-refractivity contribution in [2.45, 2.75) is 25.4 Å². The third kappa shape index (κ3) is 2.47. The summed E-state index contributed by atoms with van der Waals surface area (Å²) in [5.41, 5.74) is 0. The average molecular weight is 240 g/mol. The maximum absolute atomic E-state index is 5.75. The Balaban J connectivity index is 1.97. The summed E-state index contributed by atoms with van der Waals surface area (Å²) in [7, 11) is 0. The maximum atomic E-state index is 5.75. The topological polar surface area (TPSA) is 9.23 Å². The first kappa shape index (κ1) is 9.07. The summed E-state index contributed by atoms with van der Waals surface area (Å²) < 4.78 is 6.85. The van der Waals surface area contributed by atoms with Gasteiger partial charge in [-0.3, -0.25) is 0 Å². The molecule has 2 rings (SSSR count). The Kier molecular flexibility index (Phi) is 2.89. The van der Waals surface area contributed by atoms with E-state index in [0.29, 0.717) is 6.10 Å². The van der Waals surface area contributed by atoms with Gasteiger partial charge in [0.1, 0.15) is 11.9 Å². The van der Waals surface area contributed by atoms with Crippen molar-refractivity contribution < 1.29 is 4.74 Å². The Bertz CT molecular complexity index is 262. The SMILES string of the molecule is Brc1ccc(OC2[CH]CCC2)cc1. The van der Waals surface area contributed by atoms with Gasteiger partial charge in [-0.15, -0.1) is 0 Å². The first-order chi connectivity index (χ1) is 6.34. The van der Waals surface area contributed by atoms with Crippen LogP contribution in [0.2, 0.25) is 0 Å².